The van der Waals surface area contributed by atoms with Crippen molar-refractivity contribution in [2.75, 3.05) is 20.3 Å². The Bertz CT molecular complexity index is 270. The highest BCUT2D eigenvalue weighted by atomic mass is 16.5. The molecular formula is C10H17N3O. The van der Waals surface area contributed by atoms with Crippen molar-refractivity contribution in [3.8, 4) is 0 Å². The first kappa shape index (κ1) is 10.9. The second-order valence-electron chi connectivity index (χ2n) is 3.03. The van der Waals surface area contributed by atoms with E-state index in [9.17, 15) is 0 Å². The molecule has 1 aromatic heterocycles. The Morgan fingerprint density at radius 3 is 3.29 bits per heavy atom. The molecule has 1 N–H and O–H groups in total. The van der Waals surface area contributed by atoms with Gasteiger partial charge in [-0.2, -0.15) is 5.10 Å². The van der Waals surface area contributed by atoms with Crippen LogP contribution in [0.3, 0.4) is 0 Å². The van der Waals surface area contributed by atoms with Gasteiger partial charge in [0.2, 0.25) is 0 Å². The molecule has 1 heterocycles. The van der Waals surface area contributed by atoms with E-state index in [0.29, 0.717) is 0 Å². The lowest BCUT2D eigenvalue weighted by Gasteiger charge is -2.00. The molecule has 0 spiro atoms. The number of rotatable bonds is 7. The minimum absolute atomic E-state index is 0.737. The van der Waals surface area contributed by atoms with E-state index in [-0.39, 0.29) is 0 Å². The highest BCUT2D eigenvalue weighted by molar-refractivity contribution is 5.03. The van der Waals surface area contributed by atoms with Gasteiger partial charge in [0.05, 0.1) is 19.3 Å². The zero-order valence-corrected chi connectivity index (χ0v) is 8.57. The van der Waals surface area contributed by atoms with Crippen molar-refractivity contribution in [2.24, 2.45) is 0 Å². The molecule has 0 unspecified atom stereocenters. The van der Waals surface area contributed by atoms with Gasteiger partial charge in [-0.15, -0.1) is 6.58 Å². The molecule has 0 radical (unpaired) electrons. The molecule has 14 heavy (non-hydrogen) atoms. The van der Waals surface area contributed by atoms with Gasteiger partial charge in [-0.05, 0) is 0 Å². The van der Waals surface area contributed by atoms with Crippen molar-refractivity contribution < 1.29 is 4.74 Å². The molecule has 78 valence electrons. The summed E-state index contributed by atoms with van der Waals surface area (Å²) in [7, 11) is 1.70. The van der Waals surface area contributed by atoms with E-state index < -0.39 is 0 Å². The summed E-state index contributed by atoms with van der Waals surface area (Å²) in [5.41, 5.74) is 1.18. The van der Waals surface area contributed by atoms with Gasteiger partial charge in [-0.1, -0.05) is 6.08 Å². The van der Waals surface area contributed by atoms with Gasteiger partial charge in [0, 0.05) is 32.0 Å². The molecule has 0 saturated carbocycles. The van der Waals surface area contributed by atoms with Gasteiger partial charge in [0.25, 0.3) is 0 Å². The van der Waals surface area contributed by atoms with Gasteiger partial charge in [0.1, 0.15) is 0 Å². The summed E-state index contributed by atoms with van der Waals surface area (Å²) < 4.78 is 6.79. The van der Waals surface area contributed by atoms with Crippen LogP contribution in [-0.2, 0) is 17.8 Å². The summed E-state index contributed by atoms with van der Waals surface area (Å²) in [5.74, 6) is 0. The monoisotopic (exact) mass is 195 g/mol. The van der Waals surface area contributed by atoms with E-state index in [4.69, 9.17) is 4.74 Å². The Kier molecular flexibility index (Phi) is 4.96. The molecule has 0 atom stereocenters. The first-order valence-corrected chi connectivity index (χ1v) is 4.68. The summed E-state index contributed by atoms with van der Waals surface area (Å²) in [6, 6.07) is 0. The molecule has 0 fully saturated rings. The summed E-state index contributed by atoms with van der Waals surface area (Å²) in [6.45, 7) is 6.86. The van der Waals surface area contributed by atoms with Crippen LogP contribution in [0.15, 0.2) is 25.0 Å². The van der Waals surface area contributed by atoms with Crippen LogP contribution >= 0.6 is 0 Å². The first-order chi connectivity index (χ1) is 6.86. The summed E-state index contributed by atoms with van der Waals surface area (Å²) in [5, 5.41) is 7.43. The number of ether oxygens (including phenoxy) is 1. The lowest BCUT2D eigenvalue weighted by atomic mass is 10.3. The first-order valence-electron chi connectivity index (χ1n) is 4.68. The van der Waals surface area contributed by atoms with Crippen LogP contribution in [0, 0.1) is 0 Å². The maximum absolute atomic E-state index is 4.93. The summed E-state index contributed by atoms with van der Waals surface area (Å²) in [6.07, 6.45) is 5.71. The third kappa shape index (κ3) is 3.72. The Hall–Kier alpha value is -1.13. The van der Waals surface area contributed by atoms with Crippen LogP contribution in [0.2, 0.25) is 0 Å². The van der Waals surface area contributed by atoms with Crippen LogP contribution in [0.1, 0.15) is 5.56 Å². The normalized spacial score (nSPS) is 10.4. The lowest BCUT2D eigenvalue weighted by Crippen LogP contribution is -2.18. The van der Waals surface area contributed by atoms with E-state index in [1.165, 1.54) is 5.56 Å². The maximum atomic E-state index is 4.93. The molecule has 0 aromatic carbocycles. The predicted octanol–water partition coefficient (Wildman–Crippen LogP) is 0.805. The van der Waals surface area contributed by atoms with E-state index in [2.05, 4.69) is 17.0 Å². The van der Waals surface area contributed by atoms with Crippen molar-refractivity contribution in [1.29, 1.82) is 0 Å². The van der Waals surface area contributed by atoms with Gasteiger partial charge >= 0.3 is 0 Å². The maximum Gasteiger partial charge on any atom is 0.0587 e. The quantitative estimate of drug-likeness (QED) is 0.517. The van der Waals surface area contributed by atoms with Gasteiger partial charge in [0.15, 0.2) is 0 Å². The molecule has 0 bridgehead atoms. The number of hydrogen-bond acceptors (Lipinski definition) is 3. The second kappa shape index (κ2) is 6.34. The van der Waals surface area contributed by atoms with Crippen molar-refractivity contribution in [1.82, 2.24) is 15.1 Å². The van der Waals surface area contributed by atoms with Gasteiger partial charge < -0.3 is 10.1 Å². The SMILES string of the molecule is C=CCn1cc(CNCCOC)cn1. The Balaban J connectivity index is 2.25. The number of allylic oxidation sites excluding steroid dienone is 1. The summed E-state index contributed by atoms with van der Waals surface area (Å²) >= 11 is 0. The lowest BCUT2D eigenvalue weighted by molar-refractivity contribution is 0.199. The largest absolute Gasteiger partial charge is 0.383 e. The zero-order chi connectivity index (χ0) is 10.2. The molecule has 4 heteroatoms. The van der Waals surface area contributed by atoms with Crippen LogP contribution in [0.25, 0.3) is 0 Å². The average Bonchev–Trinajstić information content (AvgIpc) is 2.61. The molecule has 0 amide bonds. The molecule has 0 aliphatic heterocycles. The number of methoxy groups -OCH3 is 1. The topological polar surface area (TPSA) is 39.1 Å². The molecule has 0 aliphatic rings. The molecule has 1 aromatic rings. The van der Waals surface area contributed by atoms with Crippen LogP contribution in [-0.4, -0.2) is 30.0 Å². The zero-order valence-electron chi connectivity index (χ0n) is 8.57. The molecular weight excluding hydrogens is 178 g/mol. The van der Waals surface area contributed by atoms with E-state index >= 15 is 0 Å². The Morgan fingerprint density at radius 2 is 2.57 bits per heavy atom. The number of hydrogen-bond donors (Lipinski definition) is 1. The Morgan fingerprint density at radius 1 is 1.71 bits per heavy atom. The number of nitrogens with zero attached hydrogens (tertiary/aromatic N) is 2. The predicted molar refractivity (Wildman–Crippen MR) is 56.0 cm³/mol. The third-order valence-corrected chi connectivity index (χ3v) is 1.81. The minimum atomic E-state index is 0.737. The van der Waals surface area contributed by atoms with Gasteiger partial charge in [-0.25, -0.2) is 0 Å². The summed E-state index contributed by atoms with van der Waals surface area (Å²) in [4.78, 5) is 0. The van der Waals surface area contributed by atoms with Crippen molar-refractivity contribution >= 4 is 0 Å². The van der Waals surface area contributed by atoms with Crippen LogP contribution in [0.5, 0.6) is 0 Å². The molecule has 0 aliphatic carbocycles. The standard InChI is InChI=1S/C10H17N3O/c1-3-5-13-9-10(8-12-13)7-11-4-6-14-2/h3,8-9,11H,1,4-7H2,2H3. The number of aromatic nitrogens is 2. The molecule has 4 nitrogen and oxygen atoms in total. The molecule has 0 saturated heterocycles. The average molecular weight is 195 g/mol. The van der Waals surface area contributed by atoms with Crippen molar-refractivity contribution in [2.45, 2.75) is 13.1 Å². The minimum Gasteiger partial charge on any atom is -0.383 e. The van der Waals surface area contributed by atoms with Crippen LogP contribution in [0.4, 0.5) is 0 Å². The third-order valence-electron chi connectivity index (χ3n) is 1.81. The highest BCUT2D eigenvalue weighted by Gasteiger charge is 1.96. The van der Waals surface area contributed by atoms with E-state index in [0.717, 1.165) is 26.2 Å². The van der Waals surface area contributed by atoms with Gasteiger partial charge in [-0.3, -0.25) is 4.68 Å². The fourth-order valence-corrected chi connectivity index (χ4v) is 1.14. The highest BCUT2D eigenvalue weighted by Crippen LogP contribution is 1.96. The molecule has 1 rings (SSSR count). The van der Waals surface area contributed by atoms with E-state index in [1.807, 2.05) is 23.2 Å². The number of nitrogens with one attached hydrogen (secondary N) is 1. The van der Waals surface area contributed by atoms with Crippen LogP contribution < -0.4 is 5.32 Å². The van der Waals surface area contributed by atoms with E-state index in [1.54, 1.807) is 7.11 Å². The smallest absolute Gasteiger partial charge is 0.0587 e. The van der Waals surface area contributed by atoms with Crippen molar-refractivity contribution in [3.05, 3.63) is 30.6 Å². The fourth-order valence-electron chi connectivity index (χ4n) is 1.14. The fraction of sp³-hybridized carbons (Fsp3) is 0.500. The second-order valence-corrected chi connectivity index (χ2v) is 3.03. The Labute approximate surface area is 84.6 Å². The van der Waals surface area contributed by atoms with Crippen molar-refractivity contribution in [3.63, 3.8) is 0 Å².